The van der Waals surface area contributed by atoms with Crippen LogP contribution in [0.15, 0.2) is 61.1 Å². The zero-order valence-electron chi connectivity index (χ0n) is 16.7. The predicted octanol–water partition coefficient (Wildman–Crippen LogP) is 4.64. The number of morpholine rings is 1. The third kappa shape index (κ3) is 3.39. The number of hydrogen-bond acceptors (Lipinski definition) is 5. The molecule has 0 spiro atoms. The van der Waals surface area contributed by atoms with E-state index in [9.17, 15) is 4.39 Å². The van der Waals surface area contributed by atoms with Crippen LogP contribution >= 0.6 is 0 Å². The van der Waals surface area contributed by atoms with Gasteiger partial charge in [0.25, 0.3) is 0 Å². The van der Waals surface area contributed by atoms with E-state index in [2.05, 4.69) is 32.0 Å². The Hall–Kier alpha value is -3.38. The summed E-state index contributed by atoms with van der Waals surface area (Å²) in [5.74, 6) is 0.711. The van der Waals surface area contributed by atoms with Crippen molar-refractivity contribution in [3.05, 3.63) is 72.4 Å². The van der Waals surface area contributed by atoms with Gasteiger partial charge in [-0.15, -0.1) is 0 Å². The lowest BCUT2D eigenvalue weighted by Gasteiger charge is -2.28. The Morgan fingerprint density at radius 3 is 2.60 bits per heavy atom. The van der Waals surface area contributed by atoms with Crippen LogP contribution in [0.1, 0.15) is 5.56 Å². The molecular weight excluding hydrogens is 379 g/mol. The minimum absolute atomic E-state index is 0.214. The zero-order valence-corrected chi connectivity index (χ0v) is 16.7. The van der Waals surface area contributed by atoms with Crippen molar-refractivity contribution in [3.63, 3.8) is 0 Å². The van der Waals surface area contributed by atoms with Crippen molar-refractivity contribution in [3.8, 4) is 22.4 Å². The molecule has 150 valence electrons. The number of rotatable bonds is 3. The van der Waals surface area contributed by atoms with E-state index in [1.54, 1.807) is 25.5 Å². The van der Waals surface area contributed by atoms with Crippen LogP contribution in [-0.4, -0.2) is 41.3 Å². The standard InChI is InChI=1S/C24H21FN4O/c1-16-13-18(4-6-21(16)25)23-19(3-2-8-26-23)17-5-7-22-20(14-17)24(28-15-27-22)29-9-11-30-12-10-29/h2-8,13-15H,9-12H2,1H3. The van der Waals surface area contributed by atoms with Gasteiger partial charge in [-0.1, -0.05) is 12.1 Å². The minimum atomic E-state index is -0.214. The Balaban J connectivity index is 1.64. The fraction of sp³-hybridized carbons (Fsp3) is 0.208. The number of pyridine rings is 1. The smallest absolute Gasteiger partial charge is 0.140 e. The normalized spacial score (nSPS) is 14.3. The van der Waals surface area contributed by atoms with Gasteiger partial charge in [-0.05, 0) is 54.4 Å². The largest absolute Gasteiger partial charge is 0.378 e. The predicted molar refractivity (Wildman–Crippen MR) is 116 cm³/mol. The lowest BCUT2D eigenvalue weighted by Crippen LogP contribution is -2.36. The molecule has 2 aromatic heterocycles. The van der Waals surface area contributed by atoms with Crippen LogP contribution in [0.5, 0.6) is 0 Å². The summed E-state index contributed by atoms with van der Waals surface area (Å²) in [5.41, 5.74) is 5.23. The number of hydrogen-bond donors (Lipinski definition) is 0. The van der Waals surface area contributed by atoms with E-state index >= 15 is 0 Å². The van der Waals surface area contributed by atoms with Crippen molar-refractivity contribution in [1.29, 1.82) is 0 Å². The van der Waals surface area contributed by atoms with E-state index < -0.39 is 0 Å². The van der Waals surface area contributed by atoms with Crippen molar-refractivity contribution in [2.75, 3.05) is 31.2 Å². The quantitative estimate of drug-likeness (QED) is 0.501. The molecule has 4 aromatic rings. The van der Waals surface area contributed by atoms with E-state index in [0.717, 1.165) is 52.2 Å². The van der Waals surface area contributed by atoms with Crippen molar-refractivity contribution in [1.82, 2.24) is 15.0 Å². The van der Waals surface area contributed by atoms with Crippen LogP contribution in [-0.2, 0) is 4.74 Å². The fourth-order valence-corrected chi connectivity index (χ4v) is 3.90. The number of fused-ring (bicyclic) bond motifs is 1. The Morgan fingerprint density at radius 2 is 1.77 bits per heavy atom. The molecule has 1 aliphatic rings. The van der Waals surface area contributed by atoms with Crippen LogP contribution in [0.4, 0.5) is 10.2 Å². The SMILES string of the molecule is Cc1cc(-c2ncccc2-c2ccc3ncnc(N4CCOCC4)c3c2)ccc1F. The zero-order chi connectivity index (χ0) is 20.5. The highest BCUT2D eigenvalue weighted by atomic mass is 19.1. The first kappa shape index (κ1) is 18.6. The first-order chi connectivity index (χ1) is 14.7. The second-order valence-corrected chi connectivity index (χ2v) is 7.39. The van der Waals surface area contributed by atoms with Crippen molar-refractivity contribution in [2.45, 2.75) is 6.92 Å². The molecule has 6 heteroatoms. The maximum atomic E-state index is 13.8. The molecule has 0 amide bonds. The molecule has 0 radical (unpaired) electrons. The molecule has 0 N–H and O–H groups in total. The minimum Gasteiger partial charge on any atom is -0.378 e. The van der Waals surface area contributed by atoms with Crippen LogP contribution in [0, 0.1) is 12.7 Å². The molecule has 30 heavy (non-hydrogen) atoms. The van der Waals surface area contributed by atoms with Gasteiger partial charge in [0.05, 0.1) is 24.4 Å². The first-order valence-electron chi connectivity index (χ1n) is 10.00. The number of ether oxygens (including phenoxy) is 1. The molecule has 5 nitrogen and oxygen atoms in total. The number of nitrogens with zero attached hydrogens (tertiary/aromatic N) is 4. The van der Waals surface area contributed by atoms with Crippen LogP contribution in [0.2, 0.25) is 0 Å². The summed E-state index contributed by atoms with van der Waals surface area (Å²) in [6.45, 7) is 4.78. The lowest BCUT2D eigenvalue weighted by molar-refractivity contribution is 0.122. The highest BCUT2D eigenvalue weighted by Gasteiger charge is 2.17. The van der Waals surface area contributed by atoms with Gasteiger partial charge in [0.2, 0.25) is 0 Å². The monoisotopic (exact) mass is 400 g/mol. The summed E-state index contributed by atoms with van der Waals surface area (Å²) in [5, 5.41) is 1.00. The molecule has 1 aliphatic heterocycles. The van der Waals surface area contributed by atoms with Crippen LogP contribution in [0.3, 0.4) is 0 Å². The average molecular weight is 400 g/mol. The molecule has 5 rings (SSSR count). The van der Waals surface area contributed by atoms with Gasteiger partial charge < -0.3 is 9.64 Å². The Bertz CT molecular complexity index is 1220. The third-order valence-electron chi connectivity index (χ3n) is 5.48. The second-order valence-electron chi connectivity index (χ2n) is 7.39. The maximum Gasteiger partial charge on any atom is 0.140 e. The number of aryl methyl sites for hydroxylation is 1. The summed E-state index contributed by atoms with van der Waals surface area (Å²) in [6, 6.07) is 15.3. The van der Waals surface area contributed by atoms with Gasteiger partial charge in [0.15, 0.2) is 0 Å². The maximum absolute atomic E-state index is 13.8. The Kier molecular flexibility index (Phi) is 4.85. The van der Waals surface area contributed by atoms with Gasteiger partial charge in [-0.2, -0.15) is 0 Å². The van der Waals surface area contributed by atoms with Gasteiger partial charge in [0, 0.05) is 35.8 Å². The van der Waals surface area contributed by atoms with Gasteiger partial charge in [-0.3, -0.25) is 4.98 Å². The topological polar surface area (TPSA) is 51.1 Å². The van der Waals surface area contributed by atoms with E-state index in [-0.39, 0.29) is 5.82 Å². The Morgan fingerprint density at radius 1 is 0.933 bits per heavy atom. The number of benzene rings is 2. The highest BCUT2D eigenvalue weighted by Crippen LogP contribution is 2.34. The molecular formula is C24H21FN4O. The van der Waals surface area contributed by atoms with E-state index in [0.29, 0.717) is 18.8 Å². The highest BCUT2D eigenvalue weighted by molar-refractivity contribution is 5.94. The average Bonchev–Trinajstić information content (AvgIpc) is 2.81. The third-order valence-corrected chi connectivity index (χ3v) is 5.48. The summed E-state index contributed by atoms with van der Waals surface area (Å²) in [7, 11) is 0. The molecule has 3 heterocycles. The molecule has 2 aromatic carbocycles. The van der Waals surface area contributed by atoms with Crippen LogP contribution < -0.4 is 4.90 Å². The Labute approximate surface area is 174 Å². The van der Waals surface area contributed by atoms with Gasteiger partial charge in [-0.25, -0.2) is 14.4 Å². The molecule has 0 atom stereocenters. The molecule has 0 saturated carbocycles. The molecule has 1 saturated heterocycles. The van der Waals surface area contributed by atoms with Crippen molar-refractivity contribution >= 4 is 16.7 Å². The molecule has 0 aliphatic carbocycles. The van der Waals surface area contributed by atoms with E-state index in [1.165, 1.54) is 6.07 Å². The fourth-order valence-electron chi connectivity index (χ4n) is 3.90. The van der Waals surface area contributed by atoms with E-state index in [1.807, 2.05) is 24.3 Å². The van der Waals surface area contributed by atoms with Crippen molar-refractivity contribution in [2.24, 2.45) is 0 Å². The molecule has 0 unspecified atom stereocenters. The van der Waals surface area contributed by atoms with Crippen molar-refractivity contribution < 1.29 is 9.13 Å². The lowest BCUT2D eigenvalue weighted by atomic mass is 9.97. The molecule has 0 bridgehead atoms. The van der Waals surface area contributed by atoms with Gasteiger partial charge in [0.1, 0.15) is 18.0 Å². The van der Waals surface area contributed by atoms with Gasteiger partial charge >= 0.3 is 0 Å². The first-order valence-corrected chi connectivity index (χ1v) is 10.00. The number of anilines is 1. The molecule has 1 fully saturated rings. The summed E-state index contributed by atoms with van der Waals surface area (Å²) < 4.78 is 19.3. The number of halogens is 1. The van der Waals surface area contributed by atoms with Crippen LogP contribution in [0.25, 0.3) is 33.3 Å². The summed E-state index contributed by atoms with van der Waals surface area (Å²) >= 11 is 0. The number of aromatic nitrogens is 3. The summed E-state index contributed by atoms with van der Waals surface area (Å²) in [6.07, 6.45) is 3.38. The second kappa shape index (κ2) is 7.80. The summed E-state index contributed by atoms with van der Waals surface area (Å²) in [4.78, 5) is 15.9. The van der Waals surface area contributed by atoms with E-state index in [4.69, 9.17) is 4.74 Å².